The standard InChI is InChI=1S/C25H31ClN4O4/c1-17(2)21(28-25(33)27-18-9-5-4-6-10-18)23(31)30-15-13-29(14-16-30)22(24(32)34-3)19-11-7-8-12-20(19)26/h4-12,17,21-22H,13-16H2,1-3H3,(H2,27,28,33). The number of anilines is 1. The number of urea groups is 1. The normalized spacial score (nSPS) is 16.0. The van der Waals surface area contributed by atoms with E-state index in [1.54, 1.807) is 23.1 Å². The van der Waals surface area contributed by atoms with Gasteiger partial charge in [0.05, 0.1) is 7.11 Å². The number of nitrogens with zero attached hydrogens (tertiary/aromatic N) is 2. The van der Waals surface area contributed by atoms with Gasteiger partial charge in [-0.1, -0.05) is 61.8 Å². The van der Waals surface area contributed by atoms with Crippen LogP contribution in [0.4, 0.5) is 10.5 Å². The zero-order valence-corrected chi connectivity index (χ0v) is 20.4. The summed E-state index contributed by atoms with van der Waals surface area (Å²) in [6.45, 7) is 5.57. The molecule has 1 fully saturated rings. The number of amides is 3. The Morgan fingerprint density at radius 1 is 0.941 bits per heavy atom. The Kier molecular flexibility index (Phi) is 8.90. The molecule has 0 saturated carbocycles. The van der Waals surface area contributed by atoms with Crippen molar-refractivity contribution < 1.29 is 19.1 Å². The number of nitrogens with one attached hydrogen (secondary N) is 2. The number of carbonyl (C=O) groups is 3. The first kappa shape index (κ1) is 25.5. The van der Waals surface area contributed by atoms with Crippen molar-refractivity contribution in [1.29, 1.82) is 0 Å². The van der Waals surface area contributed by atoms with Gasteiger partial charge in [-0.2, -0.15) is 0 Å². The minimum Gasteiger partial charge on any atom is -0.468 e. The number of benzene rings is 2. The monoisotopic (exact) mass is 486 g/mol. The van der Waals surface area contributed by atoms with Crippen molar-refractivity contribution in [2.24, 2.45) is 5.92 Å². The average Bonchev–Trinajstić information content (AvgIpc) is 2.84. The van der Waals surface area contributed by atoms with E-state index in [-0.39, 0.29) is 11.8 Å². The predicted octanol–water partition coefficient (Wildman–Crippen LogP) is 3.54. The zero-order chi connectivity index (χ0) is 24.7. The van der Waals surface area contributed by atoms with Crippen molar-refractivity contribution in [3.63, 3.8) is 0 Å². The molecule has 0 bridgehead atoms. The first-order valence-corrected chi connectivity index (χ1v) is 11.7. The summed E-state index contributed by atoms with van der Waals surface area (Å²) in [5.74, 6) is -0.643. The molecule has 0 aromatic heterocycles. The van der Waals surface area contributed by atoms with Crippen LogP contribution in [0.2, 0.25) is 5.02 Å². The SMILES string of the molecule is COC(=O)C(c1ccccc1Cl)N1CCN(C(=O)C(NC(=O)Nc2ccccc2)C(C)C)CC1. The van der Waals surface area contributed by atoms with Gasteiger partial charge in [0.25, 0.3) is 0 Å². The van der Waals surface area contributed by atoms with E-state index in [9.17, 15) is 14.4 Å². The van der Waals surface area contributed by atoms with Crippen molar-refractivity contribution in [3.05, 3.63) is 65.2 Å². The molecule has 0 radical (unpaired) electrons. The third kappa shape index (κ3) is 6.27. The van der Waals surface area contributed by atoms with Crippen molar-refractivity contribution in [2.45, 2.75) is 25.9 Å². The third-order valence-electron chi connectivity index (χ3n) is 5.87. The number of rotatable bonds is 7. The molecule has 1 aliphatic rings. The summed E-state index contributed by atoms with van der Waals surface area (Å²) >= 11 is 6.36. The van der Waals surface area contributed by atoms with Crippen LogP contribution >= 0.6 is 11.6 Å². The summed E-state index contributed by atoms with van der Waals surface area (Å²) in [4.78, 5) is 42.0. The lowest BCUT2D eigenvalue weighted by Crippen LogP contribution is -2.57. The Labute approximate surface area is 205 Å². The summed E-state index contributed by atoms with van der Waals surface area (Å²) in [6.07, 6.45) is 0. The molecule has 0 aliphatic carbocycles. The van der Waals surface area contributed by atoms with Gasteiger partial charge in [0.1, 0.15) is 12.1 Å². The molecular formula is C25H31ClN4O4. The van der Waals surface area contributed by atoms with E-state index >= 15 is 0 Å². The molecule has 3 amide bonds. The van der Waals surface area contributed by atoms with Gasteiger partial charge in [-0.3, -0.25) is 9.69 Å². The Morgan fingerprint density at radius 2 is 1.56 bits per heavy atom. The van der Waals surface area contributed by atoms with Gasteiger partial charge in [0, 0.05) is 36.9 Å². The summed E-state index contributed by atoms with van der Waals surface area (Å²) in [6, 6.07) is 14.5. The summed E-state index contributed by atoms with van der Waals surface area (Å²) in [5, 5.41) is 6.06. The van der Waals surface area contributed by atoms with Gasteiger partial charge in [0.15, 0.2) is 0 Å². The molecule has 8 nitrogen and oxygen atoms in total. The highest BCUT2D eigenvalue weighted by molar-refractivity contribution is 6.31. The van der Waals surface area contributed by atoms with Crippen LogP contribution in [0.1, 0.15) is 25.5 Å². The lowest BCUT2D eigenvalue weighted by Gasteiger charge is -2.40. The number of hydrogen-bond donors (Lipinski definition) is 2. The second-order valence-electron chi connectivity index (χ2n) is 8.49. The van der Waals surface area contributed by atoms with Crippen molar-refractivity contribution in [3.8, 4) is 0 Å². The summed E-state index contributed by atoms with van der Waals surface area (Å²) in [7, 11) is 1.35. The van der Waals surface area contributed by atoms with Crippen LogP contribution in [-0.2, 0) is 14.3 Å². The fourth-order valence-electron chi connectivity index (χ4n) is 4.02. The minimum absolute atomic E-state index is 0.0991. The number of hydrogen-bond acceptors (Lipinski definition) is 5. The number of para-hydroxylation sites is 1. The van der Waals surface area contributed by atoms with Gasteiger partial charge in [-0.05, 0) is 29.7 Å². The molecule has 2 unspecified atom stereocenters. The van der Waals surface area contributed by atoms with Crippen LogP contribution in [0.3, 0.4) is 0 Å². The number of carbonyl (C=O) groups excluding carboxylic acids is 3. The predicted molar refractivity (Wildman–Crippen MR) is 132 cm³/mol. The number of ether oxygens (including phenoxy) is 1. The van der Waals surface area contributed by atoms with E-state index in [2.05, 4.69) is 10.6 Å². The quantitative estimate of drug-likeness (QED) is 0.584. The first-order valence-electron chi connectivity index (χ1n) is 11.3. The van der Waals surface area contributed by atoms with Gasteiger partial charge >= 0.3 is 12.0 Å². The molecule has 2 aromatic rings. The average molecular weight is 487 g/mol. The van der Waals surface area contributed by atoms with E-state index in [0.717, 1.165) is 0 Å². The lowest BCUT2D eigenvalue weighted by molar-refractivity contribution is -0.149. The van der Waals surface area contributed by atoms with Crippen LogP contribution in [0.5, 0.6) is 0 Å². The second kappa shape index (κ2) is 11.9. The van der Waals surface area contributed by atoms with Crippen molar-refractivity contribution in [2.75, 3.05) is 38.6 Å². The molecular weight excluding hydrogens is 456 g/mol. The third-order valence-corrected chi connectivity index (χ3v) is 6.21. The highest BCUT2D eigenvalue weighted by atomic mass is 35.5. The molecule has 9 heteroatoms. The molecule has 2 aromatic carbocycles. The van der Waals surface area contributed by atoms with Crippen molar-refractivity contribution in [1.82, 2.24) is 15.1 Å². The van der Waals surface area contributed by atoms with Crippen LogP contribution < -0.4 is 10.6 Å². The van der Waals surface area contributed by atoms with Gasteiger partial charge in [0.2, 0.25) is 5.91 Å². The maximum Gasteiger partial charge on any atom is 0.327 e. The highest BCUT2D eigenvalue weighted by Crippen LogP contribution is 2.29. The molecule has 0 spiro atoms. The Balaban J connectivity index is 1.64. The topological polar surface area (TPSA) is 91.0 Å². The van der Waals surface area contributed by atoms with Gasteiger partial charge < -0.3 is 20.3 Å². The molecule has 182 valence electrons. The molecule has 1 saturated heterocycles. The van der Waals surface area contributed by atoms with Crippen LogP contribution in [0.25, 0.3) is 0 Å². The smallest absolute Gasteiger partial charge is 0.327 e. The maximum absolute atomic E-state index is 13.3. The summed E-state index contributed by atoms with van der Waals surface area (Å²) < 4.78 is 5.04. The Bertz CT molecular complexity index is 993. The fraction of sp³-hybridized carbons (Fsp3) is 0.400. The summed E-state index contributed by atoms with van der Waals surface area (Å²) in [5.41, 5.74) is 1.33. The van der Waals surface area contributed by atoms with E-state index in [1.807, 2.05) is 55.1 Å². The lowest BCUT2D eigenvalue weighted by atomic mass is 10.0. The fourth-order valence-corrected chi connectivity index (χ4v) is 4.26. The van der Waals surface area contributed by atoms with Gasteiger partial charge in [-0.15, -0.1) is 0 Å². The number of halogens is 1. The van der Waals surface area contributed by atoms with Gasteiger partial charge in [-0.25, -0.2) is 9.59 Å². The Morgan fingerprint density at radius 3 is 2.15 bits per heavy atom. The number of esters is 1. The zero-order valence-electron chi connectivity index (χ0n) is 19.7. The minimum atomic E-state index is -0.671. The highest BCUT2D eigenvalue weighted by Gasteiger charge is 2.36. The molecule has 1 heterocycles. The molecule has 1 aliphatic heterocycles. The first-order chi connectivity index (χ1) is 16.3. The largest absolute Gasteiger partial charge is 0.468 e. The van der Waals surface area contributed by atoms with Crippen molar-refractivity contribution >= 4 is 35.2 Å². The van der Waals surface area contributed by atoms with Crippen LogP contribution in [0, 0.1) is 5.92 Å². The molecule has 2 N–H and O–H groups in total. The van der Waals surface area contributed by atoms with Crippen LogP contribution in [-0.4, -0.2) is 67.0 Å². The Hall–Kier alpha value is -3.10. The van der Waals surface area contributed by atoms with E-state index in [1.165, 1.54) is 7.11 Å². The molecule has 3 rings (SSSR count). The number of piperazine rings is 1. The molecule has 34 heavy (non-hydrogen) atoms. The van der Waals surface area contributed by atoms with E-state index < -0.39 is 24.1 Å². The van der Waals surface area contributed by atoms with E-state index in [0.29, 0.717) is 42.5 Å². The van der Waals surface area contributed by atoms with Crippen LogP contribution in [0.15, 0.2) is 54.6 Å². The van der Waals surface area contributed by atoms with E-state index in [4.69, 9.17) is 16.3 Å². The second-order valence-corrected chi connectivity index (χ2v) is 8.90. The maximum atomic E-state index is 13.3. The number of methoxy groups -OCH3 is 1. The molecule has 2 atom stereocenters.